The number of benzene rings is 1. The second-order valence-electron chi connectivity index (χ2n) is 2.70. The van der Waals surface area contributed by atoms with Gasteiger partial charge in [0.25, 0.3) is 0 Å². The number of carbonyl (C=O) groups excluding carboxylic acids is 1. The Labute approximate surface area is 93.3 Å². The molecule has 0 heterocycles. The van der Waals surface area contributed by atoms with Crippen molar-refractivity contribution in [1.29, 1.82) is 0 Å². The highest BCUT2D eigenvalue weighted by Gasteiger charge is 2.15. The van der Waals surface area contributed by atoms with Crippen LogP contribution in [0.2, 0.25) is 0 Å². The molecule has 0 radical (unpaired) electrons. The minimum absolute atomic E-state index is 0.0637. The first-order valence-electron chi connectivity index (χ1n) is 4.28. The van der Waals surface area contributed by atoms with Crippen LogP contribution < -0.4 is 0 Å². The van der Waals surface area contributed by atoms with E-state index < -0.39 is 5.97 Å². The van der Waals surface area contributed by atoms with E-state index >= 15 is 0 Å². The van der Waals surface area contributed by atoms with E-state index in [1.807, 2.05) is 18.2 Å². The van der Waals surface area contributed by atoms with Gasteiger partial charge in [-0.3, -0.25) is 0 Å². The van der Waals surface area contributed by atoms with Crippen molar-refractivity contribution in [1.82, 2.24) is 0 Å². The van der Waals surface area contributed by atoms with Crippen LogP contribution in [0.5, 0.6) is 0 Å². The van der Waals surface area contributed by atoms with Crippen LogP contribution in [0.25, 0.3) is 5.76 Å². The van der Waals surface area contributed by atoms with Crippen LogP contribution >= 0.6 is 11.6 Å². The highest BCUT2D eigenvalue weighted by atomic mass is 35.5. The van der Waals surface area contributed by atoms with Gasteiger partial charge >= 0.3 is 5.97 Å². The summed E-state index contributed by atoms with van der Waals surface area (Å²) >= 11 is 5.81. The summed E-state index contributed by atoms with van der Waals surface area (Å²) in [5.41, 5.74) is 0.732. The number of hydrogen-bond acceptors (Lipinski definition) is 3. The Hall–Kier alpha value is -1.48. The maximum absolute atomic E-state index is 11.2. The van der Waals surface area contributed by atoms with Gasteiger partial charge in [-0.05, 0) is 0 Å². The van der Waals surface area contributed by atoms with Gasteiger partial charge in [-0.25, -0.2) is 4.79 Å². The molecular weight excluding hydrogens is 216 g/mol. The Balaban J connectivity index is 3.13. The first kappa shape index (κ1) is 11.6. The quantitative estimate of drug-likeness (QED) is 0.451. The Bertz CT molecular complexity index is 371. The predicted octanol–water partition coefficient (Wildman–Crippen LogP) is 2.41. The molecule has 0 amide bonds. The lowest BCUT2D eigenvalue weighted by Gasteiger charge is -2.08. The molecule has 0 atom stereocenters. The fourth-order valence-corrected chi connectivity index (χ4v) is 1.37. The molecule has 1 aromatic carbocycles. The van der Waals surface area contributed by atoms with Crippen LogP contribution in [0.3, 0.4) is 0 Å². The van der Waals surface area contributed by atoms with Gasteiger partial charge < -0.3 is 9.47 Å². The molecule has 0 aliphatic rings. The molecule has 0 N–H and O–H groups in total. The zero-order valence-corrected chi connectivity index (χ0v) is 9.25. The highest BCUT2D eigenvalue weighted by Crippen LogP contribution is 2.22. The van der Waals surface area contributed by atoms with Crippen molar-refractivity contribution in [2.75, 3.05) is 14.2 Å². The number of carbonyl (C=O) groups is 1. The minimum Gasteiger partial charge on any atom is -0.494 e. The van der Waals surface area contributed by atoms with Gasteiger partial charge in [0.2, 0.25) is 0 Å². The summed E-state index contributed by atoms with van der Waals surface area (Å²) < 4.78 is 9.58. The van der Waals surface area contributed by atoms with E-state index in [-0.39, 0.29) is 5.03 Å². The van der Waals surface area contributed by atoms with Crippen molar-refractivity contribution in [2.45, 2.75) is 0 Å². The fraction of sp³-hybridized carbons (Fsp3) is 0.182. The molecule has 0 unspecified atom stereocenters. The molecule has 1 aromatic rings. The number of hydrogen-bond donors (Lipinski definition) is 0. The van der Waals surface area contributed by atoms with Crippen molar-refractivity contribution in [2.24, 2.45) is 0 Å². The van der Waals surface area contributed by atoms with Crippen LogP contribution in [0.1, 0.15) is 5.56 Å². The summed E-state index contributed by atoms with van der Waals surface area (Å²) in [4.78, 5) is 11.2. The standard InChI is InChI=1S/C11H11ClO3/c1-14-10(9(12)11(13)15-2)8-6-4-3-5-7-8/h3-7H,1-2H3/b10-9+. The summed E-state index contributed by atoms with van der Waals surface area (Å²) in [6.45, 7) is 0. The largest absolute Gasteiger partial charge is 0.494 e. The van der Waals surface area contributed by atoms with Crippen LogP contribution in [0.4, 0.5) is 0 Å². The van der Waals surface area contributed by atoms with E-state index in [1.165, 1.54) is 14.2 Å². The van der Waals surface area contributed by atoms with Gasteiger partial charge in [-0.15, -0.1) is 0 Å². The Morgan fingerprint density at radius 3 is 2.20 bits per heavy atom. The zero-order chi connectivity index (χ0) is 11.3. The van der Waals surface area contributed by atoms with Crippen molar-refractivity contribution in [3.63, 3.8) is 0 Å². The van der Waals surface area contributed by atoms with Crippen LogP contribution in [0.15, 0.2) is 35.4 Å². The fourth-order valence-electron chi connectivity index (χ4n) is 1.11. The molecule has 0 saturated carbocycles. The monoisotopic (exact) mass is 226 g/mol. The summed E-state index contributed by atoms with van der Waals surface area (Å²) in [6, 6.07) is 9.11. The molecule has 0 fully saturated rings. The van der Waals surface area contributed by atoms with Crippen LogP contribution in [0, 0.1) is 0 Å². The molecule has 4 heteroatoms. The lowest BCUT2D eigenvalue weighted by Crippen LogP contribution is -2.04. The molecule has 1 rings (SSSR count). The topological polar surface area (TPSA) is 35.5 Å². The predicted molar refractivity (Wildman–Crippen MR) is 58.2 cm³/mol. The molecule has 3 nitrogen and oxygen atoms in total. The first-order chi connectivity index (χ1) is 7.20. The number of halogens is 1. The van der Waals surface area contributed by atoms with Gasteiger partial charge in [0.15, 0.2) is 10.8 Å². The molecular formula is C11H11ClO3. The third kappa shape index (κ3) is 2.73. The Morgan fingerprint density at radius 2 is 1.73 bits per heavy atom. The van der Waals surface area contributed by atoms with Gasteiger partial charge in [0.05, 0.1) is 14.2 Å². The second kappa shape index (κ2) is 5.41. The van der Waals surface area contributed by atoms with E-state index in [4.69, 9.17) is 16.3 Å². The highest BCUT2D eigenvalue weighted by molar-refractivity contribution is 6.44. The smallest absolute Gasteiger partial charge is 0.353 e. The summed E-state index contributed by atoms with van der Waals surface area (Å²) in [5.74, 6) is -0.304. The second-order valence-corrected chi connectivity index (χ2v) is 3.08. The minimum atomic E-state index is -0.614. The van der Waals surface area contributed by atoms with Crippen molar-refractivity contribution in [3.05, 3.63) is 40.9 Å². The maximum atomic E-state index is 11.2. The van der Waals surface area contributed by atoms with E-state index in [0.29, 0.717) is 5.76 Å². The van der Waals surface area contributed by atoms with Crippen molar-refractivity contribution < 1.29 is 14.3 Å². The third-order valence-electron chi connectivity index (χ3n) is 1.80. The lowest BCUT2D eigenvalue weighted by molar-refractivity contribution is -0.135. The molecule has 0 aliphatic carbocycles. The molecule has 80 valence electrons. The Morgan fingerprint density at radius 1 is 1.13 bits per heavy atom. The van der Waals surface area contributed by atoms with Gasteiger partial charge in [-0.1, -0.05) is 41.9 Å². The number of esters is 1. The lowest BCUT2D eigenvalue weighted by atomic mass is 10.2. The number of methoxy groups -OCH3 is 2. The molecule has 0 saturated heterocycles. The van der Waals surface area contributed by atoms with Crippen LogP contribution in [-0.4, -0.2) is 20.2 Å². The number of rotatable bonds is 3. The number of ether oxygens (including phenoxy) is 2. The zero-order valence-electron chi connectivity index (χ0n) is 8.49. The molecule has 15 heavy (non-hydrogen) atoms. The Kier molecular flexibility index (Phi) is 4.18. The van der Waals surface area contributed by atoms with E-state index in [2.05, 4.69) is 4.74 Å². The normalized spacial score (nSPS) is 11.7. The van der Waals surface area contributed by atoms with E-state index in [0.717, 1.165) is 5.56 Å². The average molecular weight is 227 g/mol. The third-order valence-corrected chi connectivity index (χ3v) is 2.13. The summed E-state index contributed by atoms with van der Waals surface area (Å²) in [6.07, 6.45) is 0. The molecule has 0 bridgehead atoms. The van der Waals surface area contributed by atoms with E-state index in [1.54, 1.807) is 12.1 Å². The summed E-state index contributed by atoms with van der Waals surface area (Å²) in [7, 11) is 2.72. The average Bonchev–Trinajstić information content (AvgIpc) is 2.30. The molecule has 0 aromatic heterocycles. The van der Waals surface area contributed by atoms with Crippen LogP contribution in [-0.2, 0) is 14.3 Å². The molecule has 0 aliphatic heterocycles. The maximum Gasteiger partial charge on any atom is 0.353 e. The van der Waals surface area contributed by atoms with Crippen molar-refractivity contribution in [3.8, 4) is 0 Å². The first-order valence-corrected chi connectivity index (χ1v) is 4.66. The van der Waals surface area contributed by atoms with E-state index in [9.17, 15) is 4.79 Å². The van der Waals surface area contributed by atoms with Gasteiger partial charge in [0.1, 0.15) is 0 Å². The van der Waals surface area contributed by atoms with Gasteiger partial charge in [-0.2, -0.15) is 0 Å². The SMILES string of the molecule is COC(=O)/C(Cl)=C(\OC)c1ccccc1. The summed E-state index contributed by atoms with van der Waals surface area (Å²) in [5, 5.41) is -0.0637. The van der Waals surface area contributed by atoms with Crippen molar-refractivity contribution >= 4 is 23.3 Å². The molecule has 0 spiro atoms. The van der Waals surface area contributed by atoms with Gasteiger partial charge in [0, 0.05) is 5.56 Å².